The number of carbonyl (C=O) groups excluding carboxylic acids is 1. The van der Waals surface area contributed by atoms with E-state index in [2.05, 4.69) is 5.32 Å². The topological polar surface area (TPSA) is 47.6 Å². The predicted molar refractivity (Wildman–Crippen MR) is 93.9 cm³/mol. The van der Waals surface area contributed by atoms with Crippen molar-refractivity contribution in [2.45, 2.75) is 32.4 Å². The molecule has 2 aromatic carbocycles. The lowest BCUT2D eigenvalue weighted by atomic mass is 9.89. The SMILES string of the molecule is [2H]C([2H])([2H])Oc1cc2c(cc1OC(C)C)[C@@H](c1ccc(Cl)cc1)NC(=O)C2. The van der Waals surface area contributed by atoms with Gasteiger partial charge in [0.1, 0.15) is 0 Å². The van der Waals surface area contributed by atoms with Gasteiger partial charge in [0.05, 0.1) is 29.7 Å². The summed E-state index contributed by atoms with van der Waals surface area (Å²) in [5, 5.41) is 3.57. The van der Waals surface area contributed by atoms with Crippen molar-refractivity contribution in [3.05, 3.63) is 58.1 Å². The molecule has 0 fully saturated rings. The zero-order valence-electron chi connectivity index (χ0n) is 16.4. The molecule has 5 heteroatoms. The molecule has 0 unspecified atom stereocenters. The number of ether oxygens (including phenoxy) is 2. The second kappa shape index (κ2) is 6.73. The highest BCUT2D eigenvalue weighted by molar-refractivity contribution is 6.30. The Kier molecular flexibility index (Phi) is 3.68. The van der Waals surface area contributed by atoms with Gasteiger partial charge in [0.25, 0.3) is 0 Å². The quantitative estimate of drug-likeness (QED) is 0.911. The maximum Gasteiger partial charge on any atom is 0.225 e. The standard InChI is InChI=1S/C19H20ClNO3/c1-11(2)24-17-10-15-13(8-16(17)23-3)9-18(22)21-19(15)12-4-6-14(20)7-5-12/h4-8,10-11,19H,9H2,1-3H3,(H,21,22)/t19-/m1/s1/i3D3. The molecule has 0 saturated heterocycles. The van der Waals surface area contributed by atoms with E-state index >= 15 is 0 Å². The molecule has 3 rings (SSSR count). The molecule has 1 amide bonds. The third kappa shape index (κ3) is 3.34. The number of amides is 1. The average Bonchev–Trinajstić information content (AvgIpc) is 2.54. The monoisotopic (exact) mass is 348 g/mol. The van der Waals surface area contributed by atoms with E-state index in [0.717, 1.165) is 11.1 Å². The number of halogens is 1. The van der Waals surface area contributed by atoms with Crippen LogP contribution in [0.15, 0.2) is 36.4 Å². The van der Waals surface area contributed by atoms with Gasteiger partial charge < -0.3 is 14.8 Å². The first kappa shape index (κ1) is 13.1. The molecule has 0 spiro atoms. The zero-order chi connectivity index (χ0) is 19.8. The number of hydrogen-bond donors (Lipinski definition) is 1. The van der Waals surface area contributed by atoms with Crippen LogP contribution >= 0.6 is 11.6 Å². The van der Waals surface area contributed by atoms with E-state index in [-0.39, 0.29) is 30.2 Å². The molecule has 1 atom stereocenters. The van der Waals surface area contributed by atoms with Crippen molar-refractivity contribution in [1.29, 1.82) is 0 Å². The van der Waals surface area contributed by atoms with Gasteiger partial charge in [-0.05, 0) is 54.8 Å². The lowest BCUT2D eigenvalue weighted by molar-refractivity contribution is -0.121. The molecule has 4 nitrogen and oxygen atoms in total. The minimum atomic E-state index is -2.62. The van der Waals surface area contributed by atoms with Crippen molar-refractivity contribution >= 4 is 17.5 Å². The van der Waals surface area contributed by atoms with Crippen LogP contribution in [0.3, 0.4) is 0 Å². The van der Waals surface area contributed by atoms with Crippen LogP contribution in [0.1, 0.15) is 40.7 Å². The highest BCUT2D eigenvalue weighted by atomic mass is 35.5. The third-order valence-electron chi connectivity index (χ3n) is 3.85. The largest absolute Gasteiger partial charge is 0.493 e. The summed E-state index contributed by atoms with van der Waals surface area (Å²) in [6.45, 7) is 3.69. The van der Waals surface area contributed by atoms with E-state index in [1.165, 1.54) is 0 Å². The maximum atomic E-state index is 12.2. The Morgan fingerprint density at radius 3 is 2.67 bits per heavy atom. The molecular weight excluding hydrogens is 326 g/mol. The summed E-state index contributed by atoms with van der Waals surface area (Å²) in [7, 11) is -2.62. The van der Waals surface area contributed by atoms with E-state index in [1.54, 1.807) is 24.3 Å². The van der Waals surface area contributed by atoms with Gasteiger partial charge in [0, 0.05) is 5.02 Å². The fraction of sp³-hybridized carbons (Fsp3) is 0.316. The van der Waals surface area contributed by atoms with Gasteiger partial charge in [0.15, 0.2) is 11.5 Å². The van der Waals surface area contributed by atoms with E-state index in [1.807, 2.05) is 26.0 Å². The number of fused-ring (bicyclic) bond motifs is 1. The van der Waals surface area contributed by atoms with Crippen molar-refractivity contribution in [2.24, 2.45) is 0 Å². The second-order valence-corrected chi connectivity index (χ2v) is 6.43. The maximum absolute atomic E-state index is 12.2. The lowest BCUT2D eigenvalue weighted by Crippen LogP contribution is -2.35. The summed E-state index contributed by atoms with van der Waals surface area (Å²) < 4.78 is 33.1. The van der Waals surface area contributed by atoms with Crippen molar-refractivity contribution < 1.29 is 18.4 Å². The molecule has 126 valence electrons. The molecule has 0 bridgehead atoms. The average molecular weight is 349 g/mol. The highest BCUT2D eigenvalue weighted by Gasteiger charge is 2.28. The second-order valence-electron chi connectivity index (χ2n) is 6.00. The summed E-state index contributed by atoms with van der Waals surface area (Å²) >= 11 is 5.97. The summed E-state index contributed by atoms with van der Waals surface area (Å²) in [5.41, 5.74) is 2.41. The normalized spacial score (nSPS) is 18.9. The van der Waals surface area contributed by atoms with E-state index < -0.39 is 7.04 Å². The molecule has 0 saturated carbocycles. The van der Waals surface area contributed by atoms with Crippen LogP contribution in [0.25, 0.3) is 0 Å². The molecule has 0 aromatic heterocycles. The van der Waals surface area contributed by atoms with Crippen molar-refractivity contribution in [2.75, 3.05) is 7.04 Å². The number of benzene rings is 2. The Balaban J connectivity index is 2.10. The number of carbonyl (C=O) groups is 1. The third-order valence-corrected chi connectivity index (χ3v) is 4.10. The van der Waals surface area contributed by atoms with E-state index in [0.29, 0.717) is 16.3 Å². The highest BCUT2D eigenvalue weighted by Crippen LogP contribution is 2.38. The molecule has 2 aromatic rings. The number of hydrogen-bond acceptors (Lipinski definition) is 3. The van der Waals surface area contributed by atoms with E-state index in [9.17, 15) is 4.79 Å². The molecule has 1 heterocycles. The number of rotatable bonds is 4. The van der Waals surface area contributed by atoms with Gasteiger partial charge >= 0.3 is 0 Å². The Morgan fingerprint density at radius 2 is 2.00 bits per heavy atom. The van der Waals surface area contributed by atoms with Crippen LogP contribution in [0, 0.1) is 0 Å². The van der Waals surface area contributed by atoms with Gasteiger partial charge in [-0.2, -0.15) is 0 Å². The molecule has 0 aliphatic carbocycles. The van der Waals surface area contributed by atoms with Crippen LogP contribution in [0.5, 0.6) is 11.5 Å². The Bertz CT molecular complexity index is 851. The lowest BCUT2D eigenvalue weighted by Gasteiger charge is -2.28. The molecule has 0 radical (unpaired) electrons. The summed E-state index contributed by atoms with van der Waals surface area (Å²) in [4.78, 5) is 12.2. The summed E-state index contributed by atoms with van der Waals surface area (Å²) in [5.74, 6) is 0.279. The number of nitrogens with one attached hydrogen (secondary N) is 1. The van der Waals surface area contributed by atoms with Gasteiger partial charge in [-0.3, -0.25) is 4.79 Å². The van der Waals surface area contributed by atoms with Crippen molar-refractivity contribution in [3.63, 3.8) is 0 Å². The summed E-state index contributed by atoms with van der Waals surface area (Å²) in [6, 6.07) is 10.2. The zero-order valence-corrected chi connectivity index (χ0v) is 14.2. The molecule has 1 aliphatic rings. The Hall–Kier alpha value is -2.20. The van der Waals surface area contributed by atoms with Gasteiger partial charge in [0.2, 0.25) is 5.91 Å². The first-order valence-corrected chi connectivity index (χ1v) is 8.07. The van der Waals surface area contributed by atoms with Gasteiger partial charge in [-0.1, -0.05) is 23.7 Å². The molecular formula is C19H20ClNO3. The molecule has 24 heavy (non-hydrogen) atoms. The summed E-state index contributed by atoms with van der Waals surface area (Å²) in [6.07, 6.45) is -0.0344. The van der Waals surface area contributed by atoms with Crippen LogP contribution < -0.4 is 14.8 Å². The van der Waals surface area contributed by atoms with Crippen LogP contribution in [-0.2, 0) is 11.2 Å². The first-order valence-electron chi connectivity index (χ1n) is 9.20. The number of methoxy groups -OCH3 is 1. The van der Waals surface area contributed by atoms with Gasteiger partial charge in [-0.15, -0.1) is 0 Å². The van der Waals surface area contributed by atoms with E-state index in [4.69, 9.17) is 25.2 Å². The minimum Gasteiger partial charge on any atom is -0.493 e. The Morgan fingerprint density at radius 1 is 1.25 bits per heavy atom. The fourth-order valence-electron chi connectivity index (χ4n) is 2.85. The van der Waals surface area contributed by atoms with Crippen LogP contribution in [0.4, 0.5) is 0 Å². The molecule has 1 aliphatic heterocycles. The fourth-order valence-corrected chi connectivity index (χ4v) is 2.97. The minimum absolute atomic E-state index is 0.104. The van der Waals surface area contributed by atoms with Crippen LogP contribution in [-0.4, -0.2) is 19.0 Å². The van der Waals surface area contributed by atoms with Crippen molar-refractivity contribution in [1.82, 2.24) is 5.32 Å². The van der Waals surface area contributed by atoms with Gasteiger partial charge in [-0.25, -0.2) is 0 Å². The van der Waals surface area contributed by atoms with Crippen LogP contribution in [0.2, 0.25) is 5.02 Å². The first-order chi connectivity index (χ1) is 12.6. The molecule has 1 N–H and O–H groups in total. The smallest absolute Gasteiger partial charge is 0.225 e. The van der Waals surface area contributed by atoms with Crippen molar-refractivity contribution in [3.8, 4) is 11.5 Å². The Labute approximate surface area is 150 Å². The predicted octanol–water partition coefficient (Wildman–Crippen LogP) is 3.90.